The molecule has 0 saturated carbocycles. The average molecular weight is 302 g/mol. The molecule has 2 aliphatic heterocycles. The molecule has 1 aromatic carbocycles. The molecule has 5 nitrogen and oxygen atoms in total. The highest BCUT2D eigenvalue weighted by Crippen LogP contribution is 2.28. The molecular formula is C17H22N2O3. The molecule has 0 unspecified atom stereocenters. The van der Waals surface area contributed by atoms with Crippen LogP contribution in [0.5, 0.6) is 0 Å². The number of carbonyl (C=O) groups is 2. The summed E-state index contributed by atoms with van der Waals surface area (Å²) in [6.45, 7) is 3.24. The van der Waals surface area contributed by atoms with Gasteiger partial charge in [0.25, 0.3) is 5.91 Å². The standard InChI is InChI=1S/C17H22N2O3/c1-12-16(20)18-10-6-9-14(18)11-19(12)17(21)15(22-2)13-7-4-3-5-8-13/h3-5,7-8,12,14-15H,6,9-11H2,1-2H3/t12-,14+,15+/m0/s1. The van der Waals surface area contributed by atoms with E-state index in [0.717, 1.165) is 24.9 Å². The molecule has 0 bridgehead atoms. The minimum absolute atomic E-state index is 0.0602. The zero-order valence-electron chi connectivity index (χ0n) is 13.1. The van der Waals surface area contributed by atoms with Gasteiger partial charge in [0, 0.05) is 26.2 Å². The van der Waals surface area contributed by atoms with Gasteiger partial charge in [0.05, 0.1) is 0 Å². The van der Waals surface area contributed by atoms with Crippen molar-refractivity contribution in [1.82, 2.24) is 9.80 Å². The maximum Gasteiger partial charge on any atom is 0.257 e. The first-order valence-corrected chi connectivity index (χ1v) is 7.82. The van der Waals surface area contributed by atoms with E-state index in [1.165, 1.54) is 7.11 Å². The third-order valence-electron chi connectivity index (χ3n) is 4.74. The van der Waals surface area contributed by atoms with Crippen LogP contribution in [0, 0.1) is 0 Å². The second kappa shape index (κ2) is 6.08. The Bertz CT molecular complexity index is 560. The minimum atomic E-state index is -0.649. The van der Waals surface area contributed by atoms with Gasteiger partial charge in [0.2, 0.25) is 5.91 Å². The van der Waals surface area contributed by atoms with Crippen molar-refractivity contribution in [2.45, 2.75) is 38.0 Å². The highest BCUT2D eigenvalue weighted by molar-refractivity contribution is 5.91. The van der Waals surface area contributed by atoms with Gasteiger partial charge in [-0.25, -0.2) is 0 Å². The first-order chi connectivity index (χ1) is 10.6. The Morgan fingerprint density at radius 2 is 2.05 bits per heavy atom. The number of nitrogens with zero attached hydrogens (tertiary/aromatic N) is 2. The van der Waals surface area contributed by atoms with Gasteiger partial charge in [-0.3, -0.25) is 9.59 Å². The third kappa shape index (κ3) is 2.50. The number of methoxy groups -OCH3 is 1. The van der Waals surface area contributed by atoms with Crippen molar-refractivity contribution in [1.29, 1.82) is 0 Å². The fourth-order valence-electron chi connectivity index (χ4n) is 3.51. The largest absolute Gasteiger partial charge is 0.367 e. The molecule has 2 heterocycles. The lowest BCUT2D eigenvalue weighted by atomic mass is 10.0. The SMILES string of the molecule is CO[C@@H](C(=O)N1C[C@H]2CCCN2C(=O)[C@@H]1C)c1ccccc1. The van der Waals surface area contributed by atoms with Crippen LogP contribution in [0.1, 0.15) is 31.4 Å². The molecule has 0 N–H and O–H groups in total. The summed E-state index contributed by atoms with van der Waals surface area (Å²) in [6.07, 6.45) is 1.35. The normalized spacial score (nSPS) is 26.0. The maximum absolute atomic E-state index is 12.9. The van der Waals surface area contributed by atoms with E-state index in [1.54, 1.807) is 4.90 Å². The quantitative estimate of drug-likeness (QED) is 0.852. The number of fused-ring (bicyclic) bond motifs is 1. The zero-order chi connectivity index (χ0) is 15.7. The van der Waals surface area contributed by atoms with E-state index in [0.29, 0.717) is 6.54 Å². The van der Waals surface area contributed by atoms with Crippen molar-refractivity contribution in [3.63, 3.8) is 0 Å². The fourth-order valence-corrected chi connectivity index (χ4v) is 3.51. The molecule has 2 aliphatic rings. The van der Waals surface area contributed by atoms with Crippen LogP contribution in [0.3, 0.4) is 0 Å². The van der Waals surface area contributed by atoms with Crippen LogP contribution in [0.15, 0.2) is 30.3 Å². The zero-order valence-corrected chi connectivity index (χ0v) is 13.1. The highest BCUT2D eigenvalue weighted by atomic mass is 16.5. The average Bonchev–Trinajstić information content (AvgIpc) is 3.01. The lowest BCUT2D eigenvalue weighted by molar-refractivity contribution is -0.158. The third-order valence-corrected chi connectivity index (χ3v) is 4.74. The maximum atomic E-state index is 12.9. The molecule has 22 heavy (non-hydrogen) atoms. The smallest absolute Gasteiger partial charge is 0.257 e. The van der Waals surface area contributed by atoms with E-state index in [-0.39, 0.29) is 17.9 Å². The van der Waals surface area contributed by atoms with E-state index in [1.807, 2.05) is 42.2 Å². The Morgan fingerprint density at radius 3 is 2.73 bits per heavy atom. The van der Waals surface area contributed by atoms with E-state index < -0.39 is 12.1 Å². The number of rotatable bonds is 3. The molecule has 0 aliphatic carbocycles. The van der Waals surface area contributed by atoms with Crippen molar-refractivity contribution in [2.75, 3.05) is 20.2 Å². The Kier molecular flexibility index (Phi) is 4.16. The van der Waals surface area contributed by atoms with Gasteiger partial charge in [-0.2, -0.15) is 0 Å². The van der Waals surface area contributed by atoms with Crippen LogP contribution >= 0.6 is 0 Å². The molecule has 2 fully saturated rings. The van der Waals surface area contributed by atoms with Gasteiger partial charge < -0.3 is 14.5 Å². The Labute approximate surface area is 130 Å². The molecule has 0 spiro atoms. The minimum Gasteiger partial charge on any atom is -0.367 e. The first-order valence-electron chi connectivity index (χ1n) is 7.82. The summed E-state index contributed by atoms with van der Waals surface area (Å²) in [4.78, 5) is 29.0. The van der Waals surface area contributed by atoms with Gasteiger partial charge in [0.15, 0.2) is 6.10 Å². The van der Waals surface area contributed by atoms with Gasteiger partial charge in [-0.15, -0.1) is 0 Å². The van der Waals surface area contributed by atoms with E-state index >= 15 is 0 Å². The van der Waals surface area contributed by atoms with Crippen molar-refractivity contribution >= 4 is 11.8 Å². The summed E-state index contributed by atoms with van der Waals surface area (Å²) in [5, 5.41) is 0. The molecular weight excluding hydrogens is 280 g/mol. The monoisotopic (exact) mass is 302 g/mol. The van der Waals surface area contributed by atoms with Crippen molar-refractivity contribution in [3.05, 3.63) is 35.9 Å². The summed E-state index contributed by atoms with van der Waals surface area (Å²) in [7, 11) is 1.54. The molecule has 2 saturated heterocycles. The van der Waals surface area contributed by atoms with Gasteiger partial charge >= 0.3 is 0 Å². The molecule has 2 amide bonds. The predicted octanol–water partition coefficient (Wildman–Crippen LogP) is 1.60. The summed E-state index contributed by atoms with van der Waals surface area (Å²) in [5.41, 5.74) is 0.823. The molecule has 1 aromatic rings. The Balaban J connectivity index is 1.82. The lowest BCUT2D eigenvalue weighted by Crippen LogP contribution is -2.60. The van der Waals surface area contributed by atoms with Crippen molar-refractivity contribution in [3.8, 4) is 0 Å². The van der Waals surface area contributed by atoms with Crippen LogP contribution in [-0.2, 0) is 14.3 Å². The highest BCUT2D eigenvalue weighted by Gasteiger charge is 2.43. The summed E-state index contributed by atoms with van der Waals surface area (Å²) in [6, 6.07) is 9.19. The molecule has 0 radical (unpaired) electrons. The van der Waals surface area contributed by atoms with Crippen molar-refractivity contribution < 1.29 is 14.3 Å². The number of piperazine rings is 1. The van der Waals surface area contributed by atoms with Crippen LogP contribution in [0.4, 0.5) is 0 Å². The number of hydrogen-bond donors (Lipinski definition) is 0. The van der Waals surface area contributed by atoms with Gasteiger partial charge in [-0.1, -0.05) is 30.3 Å². The predicted molar refractivity (Wildman–Crippen MR) is 82.1 cm³/mol. The van der Waals surface area contributed by atoms with Crippen LogP contribution in [0.2, 0.25) is 0 Å². The number of ether oxygens (including phenoxy) is 1. The van der Waals surface area contributed by atoms with Crippen LogP contribution < -0.4 is 0 Å². The van der Waals surface area contributed by atoms with E-state index in [2.05, 4.69) is 0 Å². The summed E-state index contributed by atoms with van der Waals surface area (Å²) in [5.74, 6) is -0.0638. The van der Waals surface area contributed by atoms with E-state index in [9.17, 15) is 9.59 Å². The molecule has 118 valence electrons. The number of benzene rings is 1. The van der Waals surface area contributed by atoms with Gasteiger partial charge in [-0.05, 0) is 25.3 Å². The second-order valence-electron chi connectivity index (χ2n) is 6.02. The van der Waals surface area contributed by atoms with Crippen LogP contribution in [-0.4, -0.2) is 53.9 Å². The molecule has 5 heteroatoms. The summed E-state index contributed by atoms with van der Waals surface area (Å²) < 4.78 is 5.43. The molecule has 3 rings (SSSR count). The number of amides is 2. The van der Waals surface area contributed by atoms with Crippen LogP contribution in [0.25, 0.3) is 0 Å². The fraction of sp³-hybridized carbons (Fsp3) is 0.529. The molecule has 0 aromatic heterocycles. The van der Waals surface area contributed by atoms with Gasteiger partial charge in [0.1, 0.15) is 6.04 Å². The summed E-state index contributed by atoms with van der Waals surface area (Å²) >= 11 is 0. The van der Waals surface area contributed by atoms with E-state index in [4.69, 9.17) is 4.74 Å². The first kappa shape index (κ1) is 15.0. The lowest BCUT2D eigenvalue weighted by Gasteiger charge is -2.42. The molecule has 3 atom stereocenters. The Morgan fingerprint density at radius 1 is 1.32 bits per heavy atom. The second-order valence-corrected chi connectivity index (χ2v) is 6.02. The topological polar surface area (TPSA) is 49.9 Å². The number of hydrogen-bond acceptors (Lipinski definition) is 3. The van der Waals surface area contributed by atoms with Crippen molar-refractivity contribution in [2.24, 2.45) is 0 Å². The number of carbonyl (C=O) groups excluding carboxylic acids is 2. The Hall–Kier alpha value is -1.88.